The lowest BCUT2D eigenvalue weighted by molar-refractivity contribution is -0.124. The van der Waals surface area contributed by atoms with Crippen LogP contribution in [0.1, 0.15) is 65.2 Å². The van der Waals surface area contributed by atoms with Gasteiger partial charge in [-0.25, -0.2) is 0 Å². The van der Waals surface area contributed by atoms with E-state index in [0.29, 0.717) is 30.6 Å². The van der Waals surface area contributed by atoms with Gasteiger partial charge in [0.2, 0.25) is 5.91 Å². The first kappa shape index (κ1) is 14.4. The molecule has 0 heterocycles. The van der Waals surface area contributed by atoms with Crippen molar-refractivity contribution in [3.8, 4) is 0 Å². The van der Waals surface area contributed by atoms with Gasteiger partial charge in [-0.05, 0) is 57.3 Å². The molecule has 0 radical (unpaired) electrons. The minimum atomic E-state index is 0.267. The van der Waals surface area contributed by atoms with Crippen LogP contribution in [0.15, 0.2) is 0 Å². The van der Waals surface area contributed by atoms with Crippen LogP contribution in [0.3, 0.4) is 0 Å². The highest BCUT2D eigenvalue weighted by Gasteiger charge is 2.40. The van der Waals surface area contributed by atoms with Gasteiger partial charge in [-0.2, -0.15) is 0 Å². The molecule has 0 aromatic carbocycles. The molecule has 3 aliphatic rings. The first-order valence-electron chi connectivity index (χ1n) is 8.70. The van der Waals surface area contributed by atoms with Crippen LogP contribution in [-0.4, -0.2) is 35.5 Å². The van der Waals surface area contributed by atoms with E-state index in [1.807, 2.05) is 0 Å². The molecule has 3 fully saturated rings. The van der Waals surface area contributed by atoms with E-state index in [2.05, 4.69) is 24.1 Å². The molecule has 0 bridgehead atoms. The summed E-state index contributed by atoms with van der Waals surface area (Å²) in [7, 11) is 0. The summed E-state index contributed by atoms with van der Waals surface area (Å²) in [5.41, 5.74) is 0. The van der Waals surface area contributed by atoms with Gasteiger partial charge < -0.3 is 5.32 Å². The number of nitrogens with zero attached hydrogens (tertiary/aromatic N) is 1. The quantitative estimate of drug-likeness (QED) is 0.810. The van der Waals surface area contributed by atoms with Gasteiger partial charge in [0, 0.05) is 18.1 Å². The first-order valence-corrected chi connectivity index (χ1v) is 8.70. The number of carbonyl (C=O) groups is 1. The molecule has 0 unspecified atom stereocenters. The molecule has 3 heteroatoms. The van der Waals surface area contributed by atoms with Gasteiger partial charge >= 0.3 is 0 Å². The Morgan fingerprint density at radius 1 is 1.15 bits per heavy atom. The van der Waals surface area contributed by atoms with Gasteiger partial charge in [0.1, 0.15) is 0 Å². The van der Waals surface area contributed by atoms with Crippen molar-refractivity contribution in [2.24, 2.45) is 11.8 Å². The SMILES string of the molecule is C[C@@H]1CCCC[C@H]1NC(=O)CN(C1CC1)[C@@H](C)C1CC1. The summed E-state index contributed by atoms with van der Waals surface area (Å²) in [6.45, 7) is 5.24. The van der Waals surface area contributed by atoms with Gasteiger partial charge in [-0.1, -0.05) is 19.8 Å². The minimum Gasteiger partial charge on any atom is -0.352 e. The number of hydrogen-bond donors (Lipinski definition) is 1. The van der Waals surface area contributed by atoms with Crippen molar-refractivity contribution < 1.29 is 4.79 Å². The number of rotatable bonds is 6. The predicted molar refractivity (Wildman–Crippen MR) is 81.5 cm³/mol. The molecular formula is C17H30N2O. The van der Waals surface area contributed by atoms with Crippen LogP contribution in [0.5, 0.6) is 0 Å². The van der Waals surface area contributed by atoms with Crippen molar-refractivity contribution in [3.63, 3.8) is 0 Å². The molecule has 3 nitrogen and oxygen atoms in total. The molecule has 0 spiro atoms. The molecular weight excluding hydrogens is 248 g/mol. The molecule has 20 heavy (non-hydrogen) atoms. The summed E-state index contributed by atoms with van der Waals surface area (Å²) in [6.07, 6.45) is 10.4. The van der Waals surface area contributed by atoms with Gasteiger partial charge in [-0.3, -0.25) is 9.69 Å². The minimum absolute atomic E-state index is 0.267. The first-order chi connectivity index (χ1) is 9.65. The predicted octanol–water partition coefficient (Wildman–Crippen LogP) is 2.94. The lowest BCUT2D eigenvalue weighted by Gasteiger charge is -2.32. The van der Waals surface area contributed by atoms with Crippen LogP contribution >= 0.6 is 0 Å². The van der Waals surface area contributed by atoms with Crippen LogP contribution in [0.4, 0.5) is 0 Å². The largest absolute Gasteiger partial charge is 0.352 e. The molecule has 3 rings (SSSR count). The van der Waals surface area contributed by atoms with Crippen LogP contribution in [0.25, 0.3) is 0 Å². The molecule has 1 amide bonds. The maximum absolute atomic E-state index is 12.4. The van der Waals surface area contributed by atoms with Crippen molar-refractivity contribution in [1.29, 1.82) is 0 Å². The summed E-state index contributed by atoms with van der Waals surface area (Å²) < 4.78 is 0. The third-order valence-electron chi connectivity index (χ3n) is 5.63. The van der Waals surface area contributed by atoms with Crippen LogP contribution < -0.4 is 5.32 Å². The average Bonchev–Trinajstić information content (AvgIpc) is 3.30. The second-order valence-corrected chi connectivity index (χ2v) is 7.42. The second kappa shape index (κ2) is 6.05. The zero-order chi connectivity index (χ0) is 14.1. The summed E-state index contributed by atoms with van der Waals surface area (Å²) in [5.74, 6) is 1.78. The standard InChI is InChI=1S/C17H30N2O/c1-12-5-3-4-6-16(12)18-17(20)11-19(15-9-10-15)13(2)14-7-8-14/h12-16H,3-11H2,1-2H3,(H,18,20)/t12-,13+,16-/m1/s1. The Bertz CT molecular complexity index is 349. The lowest BCUT2D eigenvalue weighted by Crippen LogP contribution is -2.48. The number of hydrogen-bond acceptors (Lipinski definition) is 2. The van der Waals surface area contributed by atoms with Crippen molar-refractivity contribution in [2.75, 3.05) is 6.54 Å². The molecule has 3 atom stereocenters. The molecule has 0 aromatic rings. The van der Waals surface area contributed by atoms with E-state index >= 15 is 0 Å². The van der Waals surface area contributed by atoms with Gasteiger partial charge in [0.05, 0.1) is 6.54 Å². The summed E-state index contributed by atoms with van der Waals surface area (Å²) >= 11 is 0. The Morgan fingerprint density at radius 2 is 1.85 bits per heavy atom. The van der Waals surface area contributed by atoms with E-state index in [-0.39, 0.29) is 5.91 Å². The van der Waals surface area contributed by atoms with E-state index in [9.17, 15) is 4.79 Å². The van der Waals surface area contributed by atoms with E-state index in [1.165, 1.54) is 51.4 Å². The molecule has 1 N–H and O–H groups in total. The fourth-order valence-corrected chi connectivity index (χ4v) is 3.81. The monoisotopic (exact) mass is 278 g/mol. The van der Waals surface area contributed by atoms with Crippen LogP contribution in [-0.2, 0) is 4.79 Å². The highest BCUT2D eigenvalue weighted by molar-refractivity contribution is 5.78. The maximum Gasteiger partial charge on any atom is 0.234 e. The normalized spacial score (nSPS) is 32.1. The molecule has 3 saturated carbocycles. The zero-order valence-electron chi connectivity index (χ0n) is 13.1. The molecule has 3 aliphatic carbocycles. The van der Waals surface area contributed by atoms with E-state index in [4.69, 9.17) is 0 Å². The maximum atomic E-state index is 12.4. The average molecular weight is 278 g/mol. The fraction of sp³-hybridized carbons (Fsp3) is 0.941. The Hall–Kier alpha value is -0.570. The molecule has 114 valence electrons. The van der Waals surface area contributed by atoms with Crippen molar-refractivity contribution in [2.45, 2.75) is 83.3 Å². The lowest BCUT2D eigenvalue weighted by atomic mass is 9.86. The number of nitrogens with one attached hydrogen (secondary N) is 1. The number of carbonyl (C=O) groups excluding carboxylic acids is 1. The third kappa shape index (κ3) is 3.55. The van der Waals surface area contributed by atoms with Crippen molar-refractivity contribution in [1.82, 2.24) is 10.2 Å². The third-order valence-corrected chi connectivity index (χ3v) is 5.63. The van der Waals surface area contributed by atoms with Crippen LogP contribution in [0, 0.1) is 11.8 Å². The van der Waals surface area contributed by atoms with E-state index < -0.39 is 0 Å². The van der Waals surface area contributed by atoms with E-state index in [1.54, 1.807) is 0 Å². The smallest absolute Gasteiger partial charge is 0.234 e. The fourth-order valence-electron chi connectivity index (χ4n) is 3.81. The summed E-state index contributed by atoms with van der Waals surface area (Å²) in [5, 5.41) is 3.32. The Labute approximate surface area is 123 Å². The van der Waals surface area contributed by atoms with Gasteiger partial charge in [-0.15, -0.1) is 0 Å². The number of amides is 1. The molecule has 0 aromatic heterocycles. The van der Waals surface area contributed by atoms with Gasteiger partial charge in [0.25, 0.3) is 0 Å². The summed E-state index contributed by atoms with van der Waals surface area (Å²) in [6, 6.07) is 1.73. The molecule has 0 saturated heterocycles. The Morgan fingerprint density at radius 3 is 2.45 bits per heavy atom. The summed E-state index contributed by atoms with van der Waals surface area (Å²) in [4.78, 5) is 14.9. The van der Waals surface area contributed by atoms with E-state index in [0.717, 1.165) is 5.92 Å². The van der Waals surface area contributed by atoms with Crippen molar-refractivity contribution in [3.05, 3.63) is 0 Å². The zero-order valence-corrected chi connectivity index (χ0v) is 13.1. The topological polar surface area (TPSA) is 32.3 Å². The Kier molecular flexibility index (Phi) is 4.34. The van der Waals surface area contributed by atoms with Gasteiger partial charge in [0.15, 0.2) is 0 Å². The Balaban J connectivity index is 1.50. The van der Waals surface area contributed by atoms with Crippen LogP contribution in [0.2, 0.25) is 0 Å². The molecule has 0 aliphatic heterocycles. The highest BCUT2D eigenvalue weighted by Crippen LogP contribution is 2.39. The van der Waals surface area contributed by atoms with Crippen molar-refractivity contribution >= 4 is 5.91 Å². The highest BCUT2D eigenvalue weighted by atomic mass is 16.2. The second-order valence-electron chi connectivity index (χ2n) is 7.42.